The molecule has 1 N–H and O–H groups in total. The van der Waals surface area contributed by atoms with Crippen molar-refractivity contribution in [2.24, 2.45) is 0 Å². The second-order valence-electron chi connectivity index (χ2n) is 7.80. The molecule has 3 aromatic rings. The third-order valence-corrected chi connectivity index (χ3v) is 5.97. The van der Waals surface area contributed by atoms with Gasteiger partial charge in [0.2, 0.25) is 5.95 Å². The fourth-order valence-corrected chi connectivity index (χ4v) is 4.39. The number of fused-ring (bicyclic) bond motifs is 3. The highest BCUT2D eigenvalue weighted by Gasteiger charge is 2.24. The largest absolute Gasteiger partial charge is 0.488 e. The molecule has 2 aromatic carbocycles. The summed E-state index contributed by atoms with van der Waals surface area (Å²) in [5.41, 5.74) is 6.32. The van der Waals surface area contributed by atoms with Crippen LogP contribution in [0.15, 0.2) is 60.2 Å². The molecule has 0 saturated carbocycles. The predicted octanol–water partition coefficient (Wildman–Crippen LogP) is 6.66. The summed E-state index contributed by atoms with van der Waals surface area (Å²) in [6.45, 7) is 1.28. The molecule has 0 amide bonds. The first kappa shape index (κ1) is 19.1. The first-order chi connectivity index (χ1) is 14.8. The summed E-state index contributed by atoms with van der Waals surface area (Å²) in [5.74, 6) is 1.51. The van der Waals surface area contributed by atoms with Crippen LogP contribution in [-0.4, -0.2) is 16.5 Å². The molecule has 0 saturated heterocycles. The van der Waals surface area contributed by atoms with Gasteiger partial charge in [0.15, 0.2) is 0 Å². The van der Waals surface area contributed by atoms with Crippen LogP contribution in [0.2, 0.25) is 5.02 Å². The Morgan fingerprint density at radius 3 is 2.77 bits per heavy atom. The van der Waals surface area contributed by atoms with Crippen LogP contribution in [0.3, 0.4) is 0 Å². The molecule has 152 valence electrons. The molecule has 30 heavy (non-hydrogen) atoms. The molecule has 0 radical (unpaired) electrons. The van der Waals surface area contributed by atoms with E-state index in [0.717, 1.165) is 46.8 Å². The standard InChI is InChI=1S/C25H24ClN3O/c26-19-10-6-9-18(15-19)23-21-16-30-22-12-5-4-11-20(22)24(21)29-25(28-23)27-14-13-17-7-2-1-3-8-17/h4-7,9-12,15H,1-3,8,13-14,16H2,(H,27,28,29). The lowest BCUT2D eigenvalue weighted by Crippen LogP contribution is -2.14. The van der Waals surface area contributed by atoms with Gasteiger partial charge in [0.05, 0.1) is 11.4 Å². The molecule has 1 aliphatic heterocycles. The molecule has 0 fully saturated rings. The van der Waals surface area contributed by atoms with E-state index in [0.29, 0.717) is 17.6 Å². The smallest absolute Gasteiger partial charge is 0.223 e. The summed E-state index contributed by atoms with van der Waals surface area (Å²) < 4.78 is 6.00. The molecule has 1 aliphatic carbocycles. The van der Waals surface area contributed by atoms with E-state index in [1.807, 2.05) is 42.5 Å². The van der Waals surface area contributed by atoms with Crippen LogP contribution in [0.25, 0.3) is 22.5 Å². The number of halogens is 1. The third-order valence-electron chi connectivity index (χ3n) is 5.73. The number of para-hydroxylation sites is 1. The fourth-order valence-electron chi connectivity index (χ4n) is 4.20. The maximum absolute atomic E-state index is 6.27. The molecule has 2 heterocycles. The van der Waals surface area contributed by atoms with Crippen molar-refractivity contribution in [2.45, 2.75) is 38.7 Å². The van der Waals surface area contributed by atoms with Crippen LogP contribution >= 0.6 is 11.6 Å². The maximum Gasteiger partial charge on any atom is 0.223 e. The van der Waals surface area contributed by atoms with E-state index >= 15 is 0 Å². The normalized spacial score (nSPS) is 14.9. The van der Waals surface area contributed by atoms with Crippen molar-refractivity contribution in [3.8, 4) is 28.3 Å². The van der Waals surface area contributed by atoms with Crippen LogP contribution in [0.5, 0.6) is 5.75 Å². The zero-order chi connectivity index (χ0) is 20.3. The minimum absolute atomic E-state index is 0.446. The van der Waals surface area contributed by atoms with Gasteiger partial charge >= 0.3 is 0 Å². The van der Waals surface area contributed by atoms with Gasteiger partial charge in [-0.3, -0.25) is 0 Å². The fraction of sp³-hybridized carbons (Fsp3) is 0.280. The van der Waals surface area contributed by atoms with Crippen molar-refractivity contribution >= 4 is 17.5 Å². The number of nitrogens with one attached hydrogen (secondary N) is 1. The number of ether oxygens (including phenoxy) is 1. The molecule has 0 atom stereocenters. The molecule has 2 aliphatic rings. The van der Waals surface area contributed by atoms with E-state index in [9.17, 15) is 0 Å². The van der Waals surface area contributed by atoms with Crippen molar-refractivity contribution in [1.82, 2.24) is 9.97 Å². The number of hydrogen-bond acceptors (Lipinski definition) is 4. The lowest BCUT2D eigenvalue weighted by molar-refractivity contribution is 0.301. The van der Waals surface area contributed by atoms with Gasteiger partial charge in [-0.05, 0) is 56.4 Å². The molecular weight excluding hydrogens is 394 g/mol. The highest BCUT2D eigenvalue weighted by atomic mass is 35.5. The molecule has 4 nitrogen and oxygen atoms in total. The van der Waals surface area contributed by atoms with Gasteiger partial charge in [0, 0.05) is 28.3 Å². The van der Waals surface area contributed by atoms with Gasteiger partial charge < -0.3 is 10.1 Å². The molecular formula is C25H24ClN3O. The lowest BCUT2D eigenvalue weighted by atomic mass is 9.97. The number of hydrogen-bond donors (Lipinski definition) is 1. The Labute approximate surface area is 182 Å². The summed E-state index contributed by atoms with van der Waals surface area (Å²) in [5, 5.41) is 4.15. The van der Waals surface area contributed by atoms with Gasteiger partial charge in [-0.25, -0.2) is 9.97 Å². The zero-order valence-corrected chi connectivity index (χ0v) is 17.6. The Morgan fingerprint density at radius 2 is 1.90 bits per heavy atom. The monoisotopic (exact) mass is 417 g/mol. The number of allylic oxidation sites excluding steroid dienone is 1. The van der Waals surface area contributed by atoms with E-state index in [-0.39, 0.29) is 0 Å². The number of benzene rings is 2. The van der Waals surface area contributed by atoms with E-state index < -0.39 is 0 Å². The van der Waals surface area contributed by atoms with Crippen molar-refractivity contribution < 1.29 is 4.74 Å². The van der Waals surface area contributed by atoms with Crippen LogP contribution < -0.4 is 10.1 Å². The molecule has 0 spiro atoms. The summed E-state index contributed by atoms with van der Waals surface area (Å²) in [6.07, 6.45) is 8.47. The minimum atomic E-state index is 0.446. The Bertz CT molecular complexity index is 1110. The predicted molar refractivity (Wildman–Crippen MR) is 122 cm³/mol. The van der Waals surface area contributed by atoms with Crippen molar-refractivity contribution in [1.29, 1.82) is 0 Å². The van der Waals surface area contributed by atoms with Crippen molar-refractivity contribution in [3.05, 3.63) is 70.8 Å². The van der Waals surface area contributed by atoms with Gasteiger partial charge in [-0.15, -0.1) is 0 Å². The Balaban J connectivity index is 1.52. The molecule has 5 heteroatoms. The average molecular weight is 418 g/mol. The van der Waals surface area contributed by atoms with Gasteiger partial charge in [-0.2, -0.15) is 0 Å². The Hall–Kier alpha value is -2.85. The van der Waals surface area contributed by atoms with Crippen LogP contribution in [0.4, 0.5) is 5.95 Å². The summed E-state index contributed by atoms with van der Waals surface area (Å²) in [6, 6.07) is 15.8. The van der Waals surface area contributed by atoms with Gasteiger partial charge in [0.1, 0.15) is 12.4 Å². The summed E-state index contributed by atoms with van der Waals surface area (Å²) in [7, 11) is 0. The number of nitrogens with zero attached hydrogens (tertiary/aromatic N) is 2. The second kappa shape index (κ2) is 8.49. The molecule has 5 rings (SSSR count). The molecule has 0 unspecified atom stereocenters. The van der Waals surface area contributed by atoms with Crippen LogP contribution in [0, 0.1) is 0 Å². The summed E-state index contributed by atoms with van der Waals surface area (Å²) >= 11 is 6.27. The number of rotatable bonds is 5. The average Bonchev–Trinajstić information content (AvgIpc) is 2.79. The second-order valence-corrected chi connectivity index (χ2v) is 8.24. The van der Waals surface area contributed by atoms with E-state index in [1.54, 1.807) is 5.57 Å². The molecule has 1 aromatic heterocycles. The molecule has 0 bridgehead atoms. The van der Waals surface area contributed by atoms with Crippen LogP contribution in [0.1, 0.15) is 37.7 Å². The first-order valence-corrected chi connectivity index (χ1v) is 11.0. The Morgan fingerprint density at radius 1 is 1.00 bits per heavy atom. The quantitative estimate of drug-likeness (QED) is 0.471. The van der Waals surface area contributed by atoms with E-state index in [4.69, 9.17) is 26.3 Å². The Kier molecular flexibility index (Phi) is 5.41. The SMILES string of the molecule is Clc1cccc(-c2nc(NCCC3=CCCCC3)nc3c2COc2ccccc2-3)c1. The van der Waals surface area contributed by atoms with Gasteiger partial charge in [0.25, 0.3) is 0 Å². The van der Waals surface area contributed by atoms with Crippen molar-refractivity contribution in [2.75, 3.05) is 11.9 Å². The maximum atomic E-state index is 6.27. The number of anilines is 1. The first-order valence-electron chi connectivity index (χ1n) is 10.6. The zero-order valence-electron chi connectivity index (χ0n) is 16.8. The van der Waals surface area contributed by atoms with Crippen LogP contribution in [-0.2, 0) is 6.61 Å². The highest BCUT2D eigenvalue weighted by molar-refractivity contribution is 6.30. The van der Waals surface area contributed by atoms with E-state index in [2.05, 4.69) is 17.5 Å². The van der Waals surface area contributed by atoms with Gasteiger partial charge in [-0.1, -0.05) is 47.5 Å². The minimum Gasteiger partial charge on any atom is -0.488 e. The van der Waals surface area contributed by atoms with Crippen molar-refractivity contribution in [3.63, 3.8) is 0 Å². The topological polar surface area (TPSA) is 47.0 Å². The summed E-state index contributed by atoms with van der Waals surface area (Å²) in [4.78, 5) is 9.76. The van der Waals surface area contributed by atoms with E-state index in [1.165, 1.54) is 25.7 Å². The third kappa shape index (κ3) is 3.92. The highest BCUT2D eigenvalue weighted by Crippen LogP contribution is 2.40. The lowest BCUT2D eigenvalue weighted by Gasteiger charge is -2.23. The number of aromatic nitrogens is 2.